The van der Waals surface area contributed by atoms with E-state index in [1.807, 2.05) is 0 Å². The zero-order chi connectivity index (χ0) is 16.1. The first-order chi connectivity index (χ1) is 11.2. The van der Waals surface area contributed by atoms with Gasteiger partial charge in [0.05, 0.1) is 0 Å². The van der Waals surface area contributed by atoms with Crippen LogP contribution in [0.5, 0.6) is 0 Å². The summed E-state index contributed by atoms with van der Waals surface area (Å²) in [5.41, 5.74) is 1.27. The standard InChI is InChI=1S/C22H22Si/c1-19(18-20-12-6-3-7-13-20)23(2,21-14-8-4-9-15-21)22-16-10-5-11-17-22/h3-18H,1-2H3/b19-18-. The minimum Gasteiger partial charge on any atom is -0.0741 e. The average Bonchev–Trinajstić information content (AvgIpc) is 2.63. The van der Waals surface area contributed by atoms with Crippen LogP contribution in [0, 0.1) is 0 Å². The Morgan fingerprint density at radius 1 is 0.652 bits per heavy atom. The predicted octanol–water partition coefficient (Wildman–Crippen LogP) is 4.52. The zero-order valence-electron chi connectivity index (χ0n) is 13.7. The molecule has 0 amide bonds. The van der Waals surface area contributed by atoms with E-state index in [-0.39, 0.29) is 0 Å². The van der Waals surface area contributed by atoms with Crippen molar-refractivity contribution in [1.82, 2.24) is 0 Å². The third kappa shape index (κ3) is 3.20. The Morgan fingerprint density at radius 3 is 1.48 bits per heavy atom. The topological polar surface area (TPSA) is 0 Å². The van der Waals surface area contributed by atoms with Gasteiger partial charge in [-0.2, -0.15) is 0 Å². The summed E-state index contributed by atoms with van der Waals surface area (Å²) in [6.07, 6.45) is 2.35. The fourth-order valence-electron chi connectivity index (χ4n) is 3.11. The highest BCUT2D eigenvalue weighted by Crippen LogP contribution is 2.19. The number of benzene rings is 3. The largest absolute Gasteiger partial charge is 0.141 e. The van der Waals surface area contributed by atoms with E-state index in [1.54, 1.807) is 0 Å². The second-order valence-electron chi connectivity index (χ2n) is 6.10. The minimum atomic E-state index is -1.93. The third-order valence-corrected chi connectivity index (χ3v) is 9.37. The highest BCUT2D eigenvalue weighted by molar-refractivity contribution is 7.06. The van der Waals surface area contributed by atoms with Gasteiger partial charge in [0.25, 0.3) is 0 Å². The van der Waals surface area contributed by atoms with Crippen LogP contribution in [-0.2, 0) is 0 Å². The maximum atomic E-state index is 2.45. The normalized spacial score (nSPS) is 12.2. The van der Waals surface area contributed by atoms with Crippen molar-refractivity contribution in [3.63, 3.8) is 0 Å². The molecular weight excluding hydrogens is 292 g/mol. The maximum Gasteiger partial charge on any atom is 0.141 e. The van der Waals surface area contributed by atoms with Crippen molar-refractivity contribution in [2.24, 2.45) is 0 Å². The molecule has 0 aliphatic heterocycles. The van der Waals surface area contributed by atoms with Crippen LogP contribution >= 0.6 is 0 Å². The molecule has 3 aromatic rings. The summed E-state index contributed by atoms with van der Waals surface area (Å²) in [7, 11) is -1.93. The van der Waals surface area contributed by atoms with Crippen molar-refractivity contribution < 1.29 is 0 Å². The van der Waals surface area contributed by atoms with E-state index in [2.05, 4.69) is 111 Å². The Kier molecular flexibility index (Phi) is 4.59. The smallest absolute Gasteiger partial charge is 0.0741 e. The molecule has 0 atom stereocenters. The molecule has 0 aromatic heterocycles. The van der Waals surface area contributed by atoms with Gasteiger partial charge in [-0.25, -0.2) is 0 Å². The van der Waals surface area contributed by atoms with E-state index in [0.717, 1.165) is 0 Å². The summed E-state index contributed by atoms with van der Waals surface area (Å²) in [6, 6.07) is 32.5. The molecule has 0 saturated heterocycles. The van der Waals surface area contributed by atoms with Crippen molar-refractivity contribution in [2.45, 2.75) is 13.5 Å². The van der Waals surface area contributed by atoms with Crippen LogP contribution in [-0.4, -0.2) is 8.07 Å². The Morgan fingerprint density at radius 2 is 1.04 bits per heavy atom. The van der Waals surface area contributed by atoms with E-state index in [1.165, 1.54) is 21.1 Å². The molecule has 0 radical (unpaired) electrons. The average molecular weight is 315 g/mol. The highest BCUT2D eigenvalue weighted by atomic mass is 28.3. The number of rotatable bonds is 4. The molecule has 0 nitrogen and oxygen atoms in total. The minimum absolute atomic E-state index is 1.27. The summed E-state index contributed by atoms with van der Waals surface area (Å²) < 4.78 is 0. The van der Waals surface area contributed by atoms with Crippen LogP contribution in [0.2, 0.25) is 6.55 Å². The SMILES string of the molecule is C/C(=C/c1ccccc1)[Si](C)(c1ccccc1)c1ccccc1. The van der Waals surface area contributed by atoms with Gasteiger partial charge in [0.2, 0.25) is 0 Å². The molecule has 3 rings (SSSR count). The molecule has 1 heteroatoms. The molecule has 0 fully saturated rings. The van der Waals surface area contributed by atoms with E-state index in [0.29, 0.717) is 0 Å². The van der Waals surface area contributed by atoms with Crippen LogP contribution in [0.3, 0.4) is 0 Å². The molecule has 23 heavy (non-hydrogen) atoms. The molecule has 0 aliphatic rings. The Balaban J connectivity index is 2.15. The van der Waals surface area contributed by atoms with Gasteiger partial charge in [-0.3, -0.25) is 0 Å². The van der Waals surface area contributed by atoms with Gasteiger partial charge in [-0.1, -0.05) is 109 Å². The van der Waals surface area contributed by atoms with Crippen molar-refractivity contribution >= 4 is 24.5 Å². The third-order valence-electron chi connectivity index (χ3n) is 4.67. The summed E-state index contributed by atoms with van der Waals surface area (Å²) in [5.74, 6) is 0. The molecule has 0 N–H and O–H groups in total. The lowest BCUT2D eigenvalue weighted by molar-refractivity contribution is 1.56. The molecule has 0 bridgehead atoms. The fraction of sp³-hybridized carbons (Fsp3) is 0.0909. The van der Waals surface area contributed by atoms with Crippen LogP contribution in [0.1, 0.15) is 12.5 Å². The van der Waals surface area contributed by atoms with Crippen LogP contribution in [0.25, 0.3) is 6.08 Å². The monoisotopic (exact) mass is 314 g/mol. The van der Waals surface area contributed by atoms with Gasteiger partial charge in [0.15, 0.2) is 0 Å². The first kappa shape index (κ1) is 15.5. The first-order valence-electron chi connectivity index (χ1n) is 8.06. The highest BCUT2D eigenvalue weighted by Gasteiger charge is 2.33. The number of hydrogen-bond acceptors (Lipinski definition) is 0. The van der Waals surface area contributed by atoms with E-state index < -0.39 is 8.07 Å². The second-order valence-corrected chi connectivity index (χ2v) is 10.3. The van der Waals surface area contributed by atoms with E-state index in [9.17, 15) is 0 Å². The van der Waals surface area contributed by atoms with Gasteiger partial charge in [-0.05, 0) is 22.9 Å². The lowest BCUT2D eigenvalue weighted by atomic mass is 10.2. The fourth-order valence-corrected chi connectivity index (χ4v) is 6.53. The number of hydrogen-bond donors (Lipinski definition) is 0. The van der Waals surface area contributed by atoms with E-state index in [4.69, 9.17) is 0 Å². The Hall–Kier alpha value is -2.38. The van der Waals surface area contributed by atoms with E-state index >= 15 is 0 Å². The summed E-state index contributed by atoms with van der Waals surface area (Å²) >= 11 is 0. The van der Waals surface area contributed by atoms with Gasteiger partial charge < -0.3 is 0 Å². The maximum absolute atomic E-state index is 2.45. The van der Waals surface area contributed by atoms with Crippen molar-refractivity contribution in [2.75, 3.05) is 0 Å². The second kappa shape index (κ2) is 6.80. The summed E-state index contributed by atoms with van der Waals surface area (Å²) in [6.45, 7) is 4.74. The molecule has 0 aliphatic carbocycles. The number of allylic oxidation sites excluding steroid dienone is 1. The molecule has 0 heterocycles. The Labute approximate surface area is 140 Å². The van der Waals surface area contributed by atoms with Crippen molar-refractivity contribution in [3.05, 3.63) is 102 Å². The molecule has 0 spiro atoms. The van der Waals surface area contributed by atoms with Gasteiger partial charge >= 0.3 is 0 Å². The van der Waals surface area contributed by atoms with Gasteiger partial charge in [0, 0.05) is 0 Å². The summed E-state index contributed by atoms with van der Waals surface area (Å²) in [5, 5.41) is 4.38. The molecule has 0 saturated carbocycles. The Bertz CT molecular complexity index is 734. The molecule has 0 unspecified atom stereocenters. The van der Waals surface area contributed by atoms with Crippen LogP contribution in [0.4, 0.5) is 0 Å². The molecule has 114 valence electrons. The molecule has 3 aromatic carbocycles. The lowest BCUT2D eigenvalue weighted by Crippen LogP contribution is -2.56. The van der Waals surface area contributed by atoms with Crippen LogP contribution < -0.4 is 10.4 Å². The predicted molar refractivity (Wildman–Crippen MR) is 104 cm³/mol. The van der Waals surface area contributed by atoms with Crippen molar-refractivity contribution in [1.29, 1.82) is 0 Å². The zero-order valence-corrected chi connectivity index (χ0v) is 14.7. The van der Waals surface area contributed by atoms with Crippen LogP contribution in [0.15, 0.2) is 96.2 Å². The lowest BCUT2D eigenvalue weighted by Gasteiger charge is -2.30. The van der Waals surface area contributed by atoms with Crippen molar-refractivity contribution in [3.8, 4) is 0 Å². The van der Waals surface area contributed by atoms with Gasteiger partial charge in [0.1, 0.15) is 8.07 Å². The summed E-state index contributed by atoms with van der Waals surface area (Å²) in [4.78, 5) is 0. The quantitative estimate of drug-likeness (QED) is 0.621. The first-order valence-corrected chi connectivity index (χ1v) is 10.6. The van der Waals surface area contributed by atoms with Gasteiger partial charge in [-0.15, -0.1) is 0 Å². The molecular formula is C22H22Si.